The average molecular weight is 332 g/mol. The van der Waals surface area contributed by atoms with E-state index in [1.165, 1.54) is 0 Å². The Bertz CT molecular complexity index is 586. The first-order valence-electron chi connectivity index (χ1n) is 8.68. The van der Waals surface area contributed by atoms with Gasteiger partial charge in [-0.05, 0) is 36.8 Å². The molecule has 5 nitrogen and oxygen atoms in total. The Kier molecular flexibility index (Phi) is 6.23. The Morgan fingerprint density at radius 1 is 1.33 bits per heavy atom. The van der Waals surface area contributed by atoms with Crippen LogP contribution in [0.3, 0.4) is 0 Å². The lowest BCUT2D eigenvalue weighted by Gasteiger charge is -2.26. The van der Waals surface area contributed by atoms with Gasteiger partial charge in [-0.25, -0.2) is 0 Å². The summed E-state index contributed by atoms with van der Waals surface area (Å²) in [4.78, 5) is 28.0. The van der Waals surface area contributed by atoms with E-state index in [9.17, 15) is 9.59 Å². The lowest BCUT2D eigenvalue weighted by Crippen LogP contribution is -2.47. The highest BCUT2D eigenvalue weighted by molar-refractivity contribution is 5.88. The molecule has 2 rings (SSSR count). The molecule has 1 aromatic carbocycles. The number of para-hydroxylation sites is 1. The van der Waals surface area contributed by atoms with E-state index in [-0.39, 0.29) is 24.5 Å². The molecule has 24 heavy (non-hydrogen) atoms. The lowest BCUT2D eigenvalue weighted by atomic mass is 9.98. The van der Waals surface area contributed by atoms with Crippen LogP contribution in [0.15, 0.2) is 24.3 Å². The molecule has 0 N–H and O–H groups in total. The van der Waals surface area contributed by atoms with Gasteiger partial charge in [0.05, 0.1) is 0 Å². The Hall–Kier alpha value is -2.04. The number of hydrogen-bond donors (Lipinski definition) is 0. The molecular weight excluding hydrogens is 304 g/mol. The van der Waals surface area contributed by atoms with Crippen molar-refractivity contribution in [1.82, 2.24) is 9.80 Å². The van der Waals surface area contributed by atoms with Crippen LogP contribution in [0.5, 0.6) is 5.75 Å². The number of rotatable bonds is 6. The Labute approximate surface area is 144 Å². The number of carbonyl (C=O) groups excluding carboxylic acids is 2. The molecule has 0 saturated carbocycles. The summed E-state index contributed by atoms with van der Waals surface area (Å²) in [5, 5.41) is 0. The van der Waals surface area contributed by atoms with E-state index in [4.69, 9.17) is 4.74 Å². The smallest absolute Gasteiger partial charge is 0.261 e. The molecule has 0 aromatic heterocycles. The number of amides is 2. The maximum absolute atomic E-state index is 12.5. The molecule has 2 amide bonds. The SMILES string of the molecule is CCC(C)c1ccccc1OCC(=O)N1CCCC1C(=O)N(C)C. The molecule has 0 bridgehead atoms. The van der Waals surface area contributed by atoms with Crippen molar-refractivity contribution in [3.05, 3.63) is 29.8 Å². The van der Waals surface area contributed by atoms with Crippen molar-refractivity contribution in [3.8, 4) is 5.75 Å². The second-order valence-electron chi connectivity index (χ2n) is 6.61. The largest absolute Gasteiger partial charge is 0.483 e. The van der Waals surface area contributed by atoms with Gasteiger partial charge in [-0.15, -0.1) is 0 Å². The molecule has 1 saturated heterocycles. The highest BCUT2D eigenvalue weighted by atomic mass is 16.5. The maximum Gasteiger partial charge on any atom is 0.261 e. The molecular formula is C19H28N2O3. The van der Waals surface area contributed by atoms with E-state index in [0.29, 0.717) is 12.5 Å². The Balaban J connectivity index is 2.02. The minimum atomic E-state index is -0.346. The molecule has 0 aliphatic carbocycles. The standard InChI is InChI=1S/C19H28N2O3/c1-5-14(2)15-9-6-7-11-17(15)24-13-18(22)21-12-8-10-16(21)19(23)20(3)4/h6-7,9,11,14,16H,5,8,10,12-13H2,1-4H3. The van der Waals surface area contributed by atoms with Crippen molar-refractivity contribution in [1.29, 1.82) is 0 Å². The summed E-state index contributed by atoms with van der Waals surface area (Å²) in [5.41, 5.74) is 1.12. The number of hydrogen-bond acceptors (Lipinski definition) is 3. The highest BCUT2D eigenvalue weighted by Gasteiger charge is 2.35. The fraction of sp³-hybridized carbons (Fsp3) is 0.579. The zero-order valence-electron chi connectivity index (χ0n) is 15.1. The predicted octanol–water partition coefficient (Wildman–Crippen LogP) is 2.66. The maximum atomic E-state index is 12.5. The van der Waals surface area contributed by atoms with Crippen LogP contribution in [0.2, 0.25) is 0 Å². The zero-order chi connectivity index (χ0) is 17.7. The molecule has 1 aliphatic heterocycles. The van der Waals surface area contributed by atoms with E-state index in [1.807, 2.05) is 24.3 Å². The van der Waals surface area contributed by atoms with Gasteiger partial charge in [0.1, 0.15) is 11.8 Å². The number of likely N-dealkylation sites (N-methyl/N-ethyl adjacent to an activating group) is 1. The Morgan fingerprint density at radius 2 is 2.04 bits per heavy atom. The first-order valence-corrected chi connectivity index (χ1v) is 8.68. The topological polar surface area (TPSA) is 49.9 Å². The van der Waals surface area contributed by atoms with E-state index in [1.54, 1.807) is 23.9 Å². The number of likely N-dealkylation sites (tertiary alicyclic amines) is 1. The monoisotopic (exact) mass is 332 g/mol. The highest BCUT2D eigenvalue weighted by Crippen LogP contribution is 2.28. The lowest BCUT2D eigenvalue weighted by molar-refractivity contribution is -0.143. The molecule has 0 radical (unpaired) electrons. The molecule has 132 valence electrons. The molecule has 5 heteroatoms. The van der Waals surface area contributed by atoms with Gasteiger partial charge < -0.3 is 14.5 Å². The van der Waals surface area contributed by atoms with Crippen LogP contribution in [0, 0.1) is 0 Å². The molecule has 1 aromatic rings. The number of nitrogens with zero attached hydrogens (tertiary/aromatic N) is 2. The van der Waals surface area contributed by atoms with E-state index in [0.717, 1.165) is 30.6 Å². The van der Waals surface area contributed by atoms with Crippen molar-refractivity contribution in [2.24, 2.45) is 0 Å². The summed E-state index contributed by atoms with van der Waals surface area (Å²) in [6.07, 6.45) is 2.60. The van der Waals surface area contributed by atoms with Gasteiger partial charge in [-0.2, -0.15) is 0 Å². The fourth-order valence-electron chi connectivity index (χ4n) is 3.08. The Morgan fingerprint density at radius 3 is 2.71 bits per heavy atom. The summed E-state index contributed by atoms with van der Waals surface area (Å²) < 4.78 is 5.81. The fourth-order valence-corrected chi connectivity index (χ4v) is 3.08. The van der Waals surface area contributed by atoms with Crippen molar-refractivity contribution < 1.29 is 14.3 Å². The van der Waals surface area contributed by atoms with Gasteiger partial charge in [0, 0.05) is 20.6 Å². The molecule has 0 spiro atoms. The number of carbonyl (C=O) groups is 2. The third-order valence-corrected chi connectivity index (χ3v) is 4.71. The van der Waals surface area contributed by atoms with Crippen molar-refractivity contribution in [3.63, 3.8) is 0 Å². The van der Waals surface area contributed by atoms with E-state index < -0.39 is 0 Å². The van der Waals surface area contributed by atoms with Crippen LogP contribution in [0.25, 0.3) is 0 Å². The third-order valence-electron chi connectivity index (χ3n) is 4.71. The van der Waals surface area contributed by atoms with Crippen LogP contribution in [-0.2, 0) is 9.59 Å². The number of ether oxygens (including phenoxy) is 1. The zero-order valence-corrected chi connectivity index (χ0v) is 15.1. The number of benzene rings is 1. The minimum absolute atomic E-state index is 0.0131. The quantitative estimate of drug-likeness (QED) is 0.805. The average Bonchev–Trinajstić information content (AvgIpc) is 3.08. The first kappa shape index (κ1) is 18.3. The molecule has 1 aliphatic rings. The van der Waals surface area contributed by atoms with Gasteiger partial charge in [0.15, 0.2) is 6.61 Å². The van der Waals surface area contributed by atoms with Crippen LogP contribution >= 0.6 is 0 Å². The van der Waals surface area contributed by atoms with Gasteiger partial charge in [-0.3, -0.25) is 9.59 Å². The van der Waals surface area contributed by atoms with Gasteiger partial charge in [-0.1, -0.05) is 32.0 Å². The summed E-state index contributed by atoms with van der Waals surface area (Å²) in [5.74, 6) is 1.01. The van der Waals surface area contributed by atoms with Gasteiger partial charge in [0.25, 0.3) is 5.91 Å². The minimum Gasteiger partial charge on any atom is -0.483 e. The molecule has 1 heterocycles. The molecule has 2 unspecified atom stereocenters. The summed E-state index contributed by atoms with van der Waals surface area (Å²) in [7, 11) is 3.45. The normalized spacial score (nSPS) is 18.3. The van der Waals surface area contributed by atoms with Crippen LogP contribution in [-0.4, -0.2) is 54.9 Å². The van der Waals surface area contributed by atoms with Gasteiger partial charge in [0.2, 0.25) is 5.91 Å². The van der Waals surface area contributed by atoms with Crippen molar-refractivity contribution in [2.75, 3.05) is 27.2 Å². The summed E-state index contributed by atoms with van der Waals surface area (Å²) in [6.45, 7) is 4.88. The van der Waals surface area contributed by atoms with E-state index in [2.05, 4.69) is 13.8 Å². The first-order chi connectivity index (χ1) is 11.5. The van der Waals surface area contributed by atoms with E-state index >= 15 is 0 Å². The molecule has 1 fully saturated rings. The van der Waals surface area contributed by atoms with Crippen molar-refractivity contribution >= 4 is 11.8 Å². The second-order valence-corrected chi connectivity index (χ2v) is 6.61. The third kappa shape index (κ3) is 4.08. The summed E-state index contributed by atoms with van der Waals surface area (Å²) >= 11 is 0. The van der Waals surface area contributed by atoms with Crippen molar-refractivity contribution in [2.45, 2.75) is 45.1 Å². The van der Waals surface area contributed by atoms with Crippen LogP contribution in [0.4, 0.5) is 0 Å². The molecule has 2 atom stereocenters. The second kappa shape index (κ2) is 8.18. The predicted molar refractivity (Wildman–Crippen MR) is 94.1 cm³/mol. The summed E-state index contributed by atoms with van der Waals surface area (Å²) in [6, 6.07) is 7.51. The van der Waals surface area contributed by atoms with Crippen LogP contribution < -0.4 is 4.74 Å². The van der Waals surface area contributed by atoms with Crippen LogP contribution in [0.1, 0.15) is 44.6 Å². The van der Waals surface area contributed by atoms with Gasteiger partial charge >= 0.3 is 0 Å².